The second-order valence-electron chi connectivity index (χ2n) is 10.2. The molecule has 1 saturated heterocycles. The summed E-state index contributed by atoms with van der Waals surface area (Å²) in [5, 5.41) is 7.42. The van der Waals surface area contributed by atoms with Gasteiger partial charge in [-0.2, -0.15) is 0 Å². The number of H-pyrrole nitrogens is 1. The van der Waals surface area contributed by atoms with Crippen LogP contribution in [0.4, 0.5) is 23.0 Å². The first kappa shape index (κ1) is 23.6. The lowest BCUT2D eigenvalue weighted by atomic mass is 10.1. The molecule has 2 aromatic heterocycles. The molecule has 2 aliphatic rings. The first-order chi connectivity index (χ1) is 19.1. The van der Waals surface area contributed by atoms with Crippen LogP contribution in [-0.4, -0.2) is 52.1 Å². The summed E-state index contributed by atoms with van der Waals surface area (Å²) in [5.41, 5.74) is 6.68. The van der Waals surface area contributed by atoms with E-state index in [1.807, 2.05) is 67.7 Å². The van der Waals surface area contributed by atoms with E-state index in [1.54, 1.807) is 0 Å². The Kier molecular flexibility index (Phi) is 5.85. The fourth-order valence-electron chi connectivity index (χ4n) is 5.09. The fraction of sp³-hybridized carbons (Fsp3) is 0.267. The van der Waals surface area contributed by atoms with E-state index in [0.29, 0.717) is 23.1 Å². The molecule has 0 bridgehead atoms. The van der Waals surface area contributed by atoms with Crippen molar-refractivity contribution in [3.05, 3.63) is 77.7 Å². The summed E-state index contributed by atoms with van der Waals surface area (Å²) < 4.78 is 5.45. The highest BCUT2D eigenvalue weighted by Gasteiger charge is 2.27. The predicted molar refractivity (Wildman–Crippen MR) is 153 cm³/mol. The van der Waals surface area contributed by atoms with Crippen molar-refractivity contribution in [1.82, 2.24) is 19.9 Å². The zero-order valence-corrected chi connectivity index (χ0v) is 21.7. The maximum atomic E-state index is 13.3. The van der Waals surface area contributed by atoms with E-state index in [4.69, 9.17) is 14.7 Å². The Balaban J connectivity index is 1.19. The number of hydrogen-bond acceptors (Lipinski definition) is 7. The Labute approximate surface area is 225 Å². The van der Waals surface area contributed by atoms with Crippen molar-refractivity contribution in [3.63, 3.8) is 0 Å². The summed E-state index contributed by atoms with van der Waals surface area (Å²) in [6, 6.07) is 17.6. The number of amides is 1. The molecule has 0 radical (unpaired) electrons. The number of fused-ring (bicyclic) bond motifs is 2. The first-order valence-corrected chi connectivity index (χ1v) is 13.4. The Morgan fingerprint density at radius 1 is 1.03 bits per heavy atom. The van der Waals surface area contributed by atoms with E-state index in [1.165, 1.54) is 0 Å². The number of para-hydroxylation sites is 1. The number of imidazole rings is 1. The predicted octanol–water partition coefficient (Wildman–Crippen LogP) is 5.52. The molecule has 0 atom stereocenters. The first-order valence-electron chi connectivity index (χ1n) is 13.4. The molecule has 3 N–H and O–H groups in total. The van der Waals surface area contributed by atoms with Crippen LogP contribution >= 0.6 is 0 Å². The summed E-state index contributed by atoms with van der Waals surface area (Å²) in [5.74, 6) is 1.73. The Morgan fingerprint density at radius 2 is 1.85 bits per heavy atom. The SMILES string of the molecule is Cc1cccc2cnc(Nc3cc(NC(=O)c4ccc(N5CCOCC5)cc4)c4nc(C5CC5)[nH]c4c3)nc12. The number of hydrogen-bond donors (Lipinski definition) is 3. The molecule has 2 fully saturated rings. The molecule has 9 nitrogen and oxygen atoms in total. The molecule has 0 spiro atoms. The lowest BCUT2D eigenvalue weighted by Gasteiger charge is -2.28. The number of carbonyl (C=O) groups is 1. The number of nitrogens with zero attached hydrogens (tertiary/aromatic N) is 4. The van der Waals surface area contributed by atoms with Crippen LogP contribution in [0.15, 0.2) is 60.8 Å². The van der Waals surface area contributed by atoms with Gasteiger partial charge in [0.1, 0.15) is 11.3 Å². The molecule has 1 aliphatic heterocycles. The number of nitrogens with one attached hydrogen (secondary N) is 3. The maximum absolute atomic E-state index is 13.3. The standard InChI is InChI=1S/C30H29N7O2/c1-18-3-2-4-21-17-31-30(36-26(18)21)32-22-15-24-27(35-28(33-24)19-5-6-19)25(16-22)34-29(38)20-7-9-23(10-8-20)37-11-13-39-14-12-37/h2-4,7-10,15-17,19H,5-6,11-14H2,1H3,(H,33,35)(H,34,38)(H,31,32,36). The number of carbonyl (C=O) groups excluding carboxylic acids is 1. The average molecular weight is 520 g/mol. The molecule has 3 heterocycles. The smallest absolute Gasteiger partial charge is 0.255 e. The van der Waals surface area contributed by atoms with Gasteiger partial charge < -0.3 is 25.3 Å². The van der Waals surface area contributed by atoms with E-state index >= 15 is 0 Å². The number of aromatic amines is 1. The van der Waals surface area contributed by atoms with Crippen LogP contribution in [0.3, 0.4) is 0 Å². The molecule has 1 aliphatic carbocycles. The van der Waals surface area contributed by atoms with Crippen LogP contribution in [0.2, 0.25) is 0 Å². The molecule has 5 aromatic rings. The third-order valence-electron chi connectivity index (χ3n) is 7.39. The number of ether oxygens (including phenoxy) is 1. The van der Waals surface area contributed by atoms with E-state index in [0.717, 1.165) is 83.8 Å². The molecule has 9 heteroatoms. The monoisotopic (exact) mass is 519 g/mol. The van der Waals surface area contributed by atoms with Crippen LogP contribution in [-0.2, 0) is 4.74 Å². The average Bonchev–Trinajstić information content (AvgIpc) is 3.73. The molecular formula is C30H29N7O2. The number of benzene rings is 3. The van der Waals surface area contributed by atoms with Gasteiger partial charge in [-0.3, -0.25) is 4.79 Å². The minimum atomic E-state index is -0.185. The number of rotatable bonds is 6. The lowest BCUT2D eigenvalue weighted by Crippen LogP contribution is -2.36. The highest BCUT2D eigenvalue weighted by atomic mass is 16.5. The van der Waals surface area contributed by atoms with Gasteiger partial charge in [0, 0.05) is 47.5 Å². The molecule has 1 saturated carbocycles. The van der Waals surface area contributed by atoms with Crippen LogP contribution in [0.5, 0.6) is 0 Å². The van der Waals surface area contributed by atoms with Crippen molar-refractivity contribution in [1.29, 1.82) is 0 Å². The van der Waals surface area contributed by atoms with E-state index in [2.05, 4.69) is 25.5 Å². The van der Waals surface area contributed by atoms with Crippen LogP contribution in [0.1, 0.15) is 40.5 Å². The molecule has 0 unspecified atom stereocenters. The summed E-state index contributed by atoms with van der Waals surface area (Å²) in [4.78, 5) is 33.1. The number of morpholine rings is 1. The Bertz CT molecular complexity index is 1690. The third kappa shape index (κ3) is 4.77. The zero-order valence-electron chi connectivity index (χ0n) is 21.7. The molecule has 7 rings (SSSR count). The van der Waals surface area contributed by atoms with Gasteiger partial charge in [-0.15, -0.1) is 0 Å². The second kappa shape index (κ2) is 9.67. The zero-order chi connectivity index (χ0) is 26.3. The summed E-state index contributed by atoms with van der Waals surface area (Å²) in [6.07, 6.45) is 4.08. The number of anilines is 4. The van der Waals surface area contributed by atoms with E-state index < -0.39 is 0 Å². The van der Waals surface area contributed by atoms with Gasteiger partial charge in [-0.1, -0.05) is 18.2 Å². The largest absolute Gasteiger partial charge is 0.378 e. The highest BCUT2D eigenvalue weighted by Crippen LogP contribution is 2.40. The van der Waals surface area contributed by atoms with E-state index in [-0.39, 0.29) is 5.91 Å². The summed E-state index contributed by atoms with van der Waals surface area (Å²) in [7, 11) is 0. The van der Waals surface area contributed by atoms with Crippen molar-refractivity contribution >= 4 is 50.9 Å². The van der Waals surface area contributed by atoms with Gasteiger partial charge in [-0.05, 0) is 61.7 Å². The van der Waals surface area contributed by atoms with Crippen molar-refractivity contribution in [2.75, 3.05) is 41.8 Å². The Hall–Kier alpha value is -4.50. The number of aromatic nitrogens is 4. The highest BCUT2D eigenvalue weighted by molar-refractivity contribution is 6.09. The molecular weight excluding hydrogens is 490 g/mol. The van der Waals surface area contributed by atoms with Crippen molar-refractivity contribution in [3.8, 4) is 0 Å². The second-order valence-corrected chi connectivity index (χ2v) is 10.2. The van der Waals surface area contributed by atoms with Gasteiger partial charge in [0.15, 0.2) is 0 Å². The van der Waals surface area contributed by atoms with Crippen LogP contribution < -0.4 is 15.5 Å². The molecule has 3 aromatic carbocycles. The van der Waals surface area contributed by atoms with Gasteiger partial charge in [-0.25, -0.2) is 15.0 Å². The fourth-order valence-corrected chi connectivity index (χ4v) is 5.09. The molecule has 196 valence electrons. The van der Waals surface area contributed by atoms with Crippen molar-refractivity contribution in [2.24, 2.45) is 0 Å². The topological polar surface area (TPSA) is 108 Å². The minimum absolute atomic E-state index is 0.185. The van der Waals surface area contributed by atoms with Gasteiger partial charge in [0.2, 0.25) is 5.95 Å². The van der Waals surface area contributed by atoms with Crippen LogP contribution in [0, 0.1) is 6.92 Å². The van der Waals surface area contributed by atoms with Crippen LogP contribution in [0.25, 0.3) is 21.9 Å². The molecule has 39 heavy (non-hydrogen) atoms. The number of aryl methyl sites for hydroxylation is 1. The van der Waals surface area contributed by atoms with Gasteiger partial charge in [0.25, 0.3) is 5.91 Å². The lowest BCUT2D eigenvalue weighted by molar-refractivity contribution is 0.102. The van der Waals surface area contributed by atoms with Crippen molar-refractivity contribution in [2.45, 2.75) is 25.7 Å². The minimum Gasteiger partial charge on any atom is -0.378 e. The quantitative estimate of drug-likeness (QED) is 0.271. The third-order valence-corrected chi connectivity index (χ3v) is 7.39. The van der Waals surface area contributed by atoms with Gasteiger partial charge in [0.05, 0.1) is 29.9 Å². The summed E-state index contributed by atoms with van der Waals surface area (Å²) in [6.45, 7) is 5.19. The Morgan fingerprint density at radius 3 is 2.64 bits per heavy atom. The van der Waals surface area contributed by atoms with E-state index in [9.17, 15) is 4.79 Å². The summed E-state index contributed by atoms with van der Waals surface area (Å²) >= 11 is 0. The molecule has 1 amide bonds. The maximum Gasteiger partial charge on any atom is 0.255 e. The normalized spacial score (nSPS) is 15.6. The van der Waals surface area contributed by atoms with Gasteiger partial charge >= 0.3 is 0 Å². The van der Waals surface area contributed by atoms with Crippen molar-refractivity contribution < 1.29 is 9.53 Å².